The maximum Gasteiger partial charge on any atom is 0.187 e. The molecule has 0 saturated carbocycles. The third-order valence-electron chi connectivity index (χ3n) is 2.66. The van der Waals surface area contributed by atoms with Crippen molar-refractivity contribution in [3.63, 3.8) is 0 Å². The van der Waals surface area contributed by atoms with E-state index in [1.807, 2.05) is 12.3 Å². The molecule has 2 aromatic rings. The topological polar surface area (TPSA) is 51.8 Å². The van der Waals surface area contributed by atoms with E-state index in [4.69, 9.17) is 4.52 Å². The minimum absolute atomic E-state index is 0.749. The number of rotatable bonds is 2. The zero-order valence-electron chi connectivity index (χ0n) is 9.38. The Balaban J connectivity index is 2.19. The summed E-state index contributed by atoms with van der Waals surface area (Å²) in [7, 11) is 0. The average molecular weight is 245 g/mol. The molecule has 5 heteroatoms. The molecule has 86 valence electrons. The lowest BCUT2D eigenvalue weighted by Crippen LogP contribution is -2.23. The van der Waals surface area contributed by atoms with Crippen LogP contribution in [-0.4, -0.2) is 21.4 Å². The van der Waals surface area contributed by atoms with Gasteiger partial charge in [0.1, 0.15) is 5.69 Å². The van der Waals surface area contributed by atoms with Crippen molar-refractivity contribution in [2.24, 2.45) is 0 Å². The average Bonchev–Trinajstić information content (AvgIpc) is 2.82. The fraction of sp³-hybridized carbons (Fsp3) is 0.250. The van der Waals surface area contributed by atoms with E-state index in [2.05, 4.69) is 27.3 Å². The van der Waals surface area contributed by atoms with Crippen molar-refractivity contribution in [3.05, 3.63) is 22.9 Å². The van der Waals surface area contributed by atoms with Gasteiger partial charge in [0.05, 0.1) is 5.69 Å². The van der Waals surface area contributed by atoms with Gasteiger partial charge in [0, 0.05) is 11.4 Å². The van der Waals surface area contributed by atoms with Gasteiger partial charge in [0.15, 0.2) is 10.6 Å². The summed E-state index contributed by atoms with van der Waals surface area (Å²) in [6.45, 7) is 0. The van der Waals surface area contributed by atoms with Crippen LogP contribution < -0.4 is 10.6 Å². The second-order valence-electron chi connectivity index (χ2n) is 3.72. The van der Waals surface area contributed by atoms with Crippen molar-refractivity contribution < 1.29 is 4.52 Å². The van der Waals surface area contributed by atoms with Crippen LogP contribution in [0.2, 0.25) is 0 Å². The quantitative estimate of drug-likeness (QED) is 0.588. The van der Waals surface area contributed by atoms with E-state index in [1.165, 1.54) is 11.8 Å². The van der Waals surface area contributed by atoms with Crippen LogP contribution in [-0.2, 0) is 0 Å². The summed E-state index contributed by atoms with van der Waals surface area (Å²) in [5, 5.41) is 5.91. The fourth-order valence-corrected chi connectivity index (χ4v) is 2.21. The third-order valence-corrected chi connectivity index (χ3v) is 3.22. The standard InChI is InChI=1S/C12H11N3OS/c1-17-12-13-7-6-9(14-12)11-8-4-2-3-5-10(8)16-15-11/h4-7H,2-3H2,1H3. The lowest BCUT2D eigenvalue weighted by atomic mass is 10.1. The normalized spacial score (nSPS) is 13.7. The molecule has 0 aliphatic heterocycles. The maximum atomic E-state index is 5.31. The zero-order chi connectivity index (χ0) is 11.7. The number of aromatic nitrogens is 3. The molecule has 3 rings (SSSR count). The molecule has 0 amide bonds. The molecule has 2 heterocycles. The Morgan fingerprint density at radius 1 is 1.29 bits per heavy atom. The van der Waals surface area contributed by atoms with Crippen molar-refractivity contribution in [1.82, 2.24) is 15.1 Å². The smallest absolute Gasteiger partial charge is 0.187 e. The molecular formula is C12H11N3OS. The molecule has 4 nitrogen and oxygen atoms in total. The van der Waals surface area contributed by atoms with Crippen LogP contribution >= 0.6 is 11.8 Å². The molecule has 17 heavy (non-hydrogen) atoms. The van der Waals surface area contributed by atoms with Gasteiger partial charge in [-0.05, 0) is 31.2 Å². The van der Waals surface area contributed by atoms with Gasteiger partial charge in [-0.2, -0.15) is 0 Å². The van der Waals surface area contributed by atoms with Crippen LogP contribution in [0.4, 0.5) is 0 Å². The molecule has 0 aromatic carbocycles. The second-order valence-corrected chi connectivity index (χ2v) is 4.50. The molecule has 0 radical (unpaired) electrons. The highest BCUT2D eigenvalue weighted by atomic mass is 32.2. The first-order chi connectivity index (χ1) is 8.38. The van der Waals surface area contributed by atoms with Gasteiger partial charge in [-0.3, -0.25) is 0 Å². The first-order valence-electron chi connectivity index (χ1n) is 5.42. The van der Waals surface area contributed by atoms with Crippen molar-refractivity contribution in [2.75, 3.05) is 6.26 Å². The highest BCUT2D eigenvalue weighted by Crippen LogP contribution is 2.14. The predicted molar refractivity (Wildman–Crippen MR) is 66.7 cm³/mol. The molecule has 0 atom stereocenters. The number of hydrogen-bond donors (Lipinski definition) is 0. The SMILES string of the molecule is CSc1nccc(-c2noc3c2=CCCC=3)n1. The molecule has 0 spiro atoms. The number of hydrogen-bond acceptors (Lipinski definition) is 5. The van der Waals surface area contributed by atoms with Crippen molar-refractivity contribution in [1.29, 1.82) is 0 Å². The summed E-state index contributed by atoms with van der Waals surface area (Å²) in [6, 6.07) is 1.86. The third kappa shape index (κ3) is 1.86. The second kappa shape index (κ2) is 4.33. The number of nitrogens with zero attached hydrogens (tertiary/aromatic N) is 3. The van der Waals surface area contributed by atoms with Crippen LogP contribution in [0.15, 0.2) is 21.9 Å². The molecule has 0 saturated heterocycles. The number of fused-ring (bicyclic) bond motifs is 1. The lowest BCUT2D eigenvalue weighted by Gasteiger charge is -1.98. The van der Waals surface area contributed by atoms with Gasteiger partial charge in [0.25, 0.3) is 0 Å². The van der Waals surface area contributed by atoms with E-state index in [9.17, 15) is 0 Å². The van der Waals surface area contributed by atoms with Gasteiger partial charge in [-0.15, -0.1) is 0 Å². The van der Waals surface area contributed by atoms with Crippen molar-refractivity contribution >= 4 is 23.9 Å². The summed E-state index contributed by atoms with van der Waals surface area (Å²) in [5.74, 6) is 0. The molecule has 0 fully saturated rings. The first-order valence-corrected chi connectivity index (χ1v) is 6.64. The van der Waals surface area contributed by atoms with E-state index >= 15 is 0 Å². The fourth-order valence-electron chi connectivity index (χ4n) is 1.85. The summed E-state index contributed by atoms with van der Waals surface area (Å²) in [4.78, 5) is 8.59. The largest absolute Gasteiger partial charge is 0.356 e. The monoisotopic (exact) mass is 245 g/mol. The van der Waals surface area contributed by atoms with E-state index in [-0.39, 0.29) is 0 Å². The Morgan fingerprint density at radius 2 is 2.18 bits per heavy atom. The molecular weight excluding hydrogens is 234 g/mol. The van der Waals surface area contributed by atoms with Crippen LogP contribution in [0.25, 0.3) is 23.5 Å². The van der Waals surface area contributed by atoms with E-state index in [0.29, 0.717) is 0 Å². The van der Waals surface area contributed by atoms with E-state index in [0.717, 1.165) is 40.0 Å². The summed E-state index contributed by atoms with van der Waals surface area (Å²) in [6.07, 6.45) is 9.98. The predicted octanol–water partition coefficient (Wildman–Crippen LogP) is 1.21. The van der Waals surface area contributed by atoms with Gasteiger partial charge in [-0.1, -0.05) is 23.0 Å². The Labute approximate surface area is 102 Å². The van der Waals surface area contributed by atoms with Gasteiger partial charge in [0.2, 0.25) is 0 Å². The van der Waals surface area contributed by atoms with Gasteiger partial charge < -0.3 is 4.52 Å². The van der Waals surface area contributed by atoms with Crippen LogP contribution in [0.1, 0.15) is 12.8 Å². The highest BCUT2D eigenvalue weighted by molar-refractivity contribution is 7.98. The Morgan fingerprint density at radius 3 is 3.06 bits per heavy atom. The number of thioether (sulfide) groups is 1. The molecule has 0 unspecified atom stereocenters. The van der Waals surface area contributed by atoms with Gasteiger partial charge in [-0.25, -0.2) is 9.97 Å². The molecule has 0 N–H and O–H groups in total. The first kappa shape index (κ1) is 10.5. The zero-order valence-corrected chi connectivity index (χ0v) is 10.2. The molecule has 2 aromatic heterocycles. The molecule has 1 aliphatic rings. The van der Waals surface area contributed by atoms with Crippen molar-refractivity contribution in [3.8, 4) is 11.4 Å². The van der Waals surface area contributed by atoms with Crippen LogP contribution in [0.3, 0.4) is 0 Å². The minimum Gasteiger partial charge on any atom is -0.356 e. The lowest BCUT2D eigenvalue weighted by molar-refractivity contribution is 0.394. The Kier molecular flexibility index (Phi) is 2.68. The maximum absolute atomic E-state index is 5.31. The summed E-state index contributed by atoms with van der Waals surface area (Å²) >= 11 is 1.52. The Hall–Kier alpha value is -1.62. The minimum atomic E-state index is 0.749. The van der Waals surface area contributed by atoms with E-state index in [1.54, 1.807) is 6.20 Å². The van der Waals surface area contributed by atoms with Crippen LogP contribution in [0, 0.1) is 0 Å². The Bertz CT molecular complexity index is 663. The highest BCUT2D eigenvalue weighted by Gasteiger charge is 2.10. The van der Waals surface area contributed by atoms with Crippen molar-refractivity contribution in [2.45, 2.75) is 18.0 Å². The van der Waals surface area contributed by atoms with Crippen LogP contribution in [0.5, 0.6) is 0 Å². The molecule has 0 bridgehead atoms. The van der Waals surface area contributed by atoms with Gasteiger partial charge >= 0.3 is 0 Å². The summed E-state index contributed by atoms with van der Waals surface area (Å²) < 4.78 is 5.31. The van der Waals surface area contributed by atoms with E-state index < -0.39 is 0 Å². The molecule has 1 aliphatic carbocycles. The summed E-state index contributed by atoms with van der Waals surface area (Å²) in [5.41, 5.74) is 2.49.